The molecule has 4 aromatic rings. The molecule has 172 valence electrons. The predicted molar refractivity (Wildman–Crippen MR) is 130 cm³/mol. The van der Waals surface area contributed by atoms with Crippen LogP contribution in [0.5, 0.6) is 23.0 Å². The summed E-state index contributed by atoms with van der Waals surface area (Å²) >= 11 is 0. The highest BCUT2D eigenvalue weighted by Gasteiger charge is 2.18. The Hall–Kier alpha value is -4.59. The largest absolute Gasteiger partial charge is 0.456 e. The maximum atomic E-state index is 13.1. The number of nitriles is 2. The molecule has 0 aliphatic heterocycles. The Morgan fingerprint density at radius 3 is 1.31 bits per heavy atom. The van der Waals surface area contributed by atoms with E-state index in [1.165, 1.54) is 24.3 Å². The first kappa shape index (κ1) is 23.6. The van der Waals surface area contributed by atoms with Gasteiger partial charge in [0.25, 0.3) is 0 Å². The van der Waals surface area contributed by atoms with Crippen LogP contribution in [-0.2, 0) is 9.84 Å². The van der Waals surface area contributed by atoms with E-state index in [1.807, 2.05) is 26.0 Å². The van der Waals surface area contributed by atoms with Gasteiger partial charge in [-0.05, 0) is 85.6 Å². The van der Waals surface area contributed by atoms with Crippen molar-refractivity contribution < 1.29 is 17.9 Å². The van der Waals surface area contributed by atoms with Crippen molar-refractivity contribution in [3.63, 3.8) is 0 Å². The highest BCUT2D eigenvalue weighted by molar-refractivity contribution is 7.91. The highest BCUT2D eigenvalue weighted by atomic mass is 32.2. The molecule has 0 aliphatic rings. The molecule has 0 N–H and O–H groups in total. The second-order valence-corrected chi connectivity index (χ2v) is 9.72. The summed E-state index contributed by atoms with van der Waals surface area (Å²) in [6.07, 6.45) is 0. The van der Waals surface area contributed by atoms with Gasteiger partial charge in [-0.3, -0.25) is 0 Å². The van der Waals surface area contributed by atoms with Gasteiger partial charge < -0.3 is 9.47 Å². The van der Waals surface area contributed by atoms with E-state index in [4.69, 9.17) is 9.47 Å². The normalized spacial score (nSPS) is 10.7. The summed E-state index contributed by atoms with van der Waals surface area (Å²) in [5.41, 5.74) is 2.45. The Morgan fingerprint density at radius 1 is 0.600 bits per heavy atom. The van der Waals surface area contributed by atoms with E-state index in [1.54, 1.807) is 48.5 Å². The fourth-order valence-electron chi connectivity index (χ4n) is 3.50. The Balaban J connectivity index is 1.53. The van der Waals surface area contributed by atoms with E-state index in [0.29, 0.717) is 34.1 Å². The highest BCUT2D eigenvalue weighted by Crippen LogP contribution is 2.31. The molecule has 4 rings (SSSR count). The molecule has 0 saturated carbocycles. The van der Waals surface area contributed by atoms with Gasteiger partial charge >= 0.3 is 0 Å². The molecule has 0 atom stereocenters. The molecule has 0 amide bonds. The lowest BCUT2D eigenvalue weighted by atomic mass is 10.1. The van der Waals surface area contributed by atoms with E-state index >= 15 is 0 Å². The van der Waals surface area contributed by atoms with Gasteiger partial charge in [-0.2, -0.15) is 10.5 Å². The van der Waals surface area contributed by atoms with Crippen LogP contribution in [0.4, 0.5) is 0 Å². The number of hydrogen-bond donors (Lipinski definition) is 0. The first-order valence-corrected chi connectivity index (χ1v) is 12.1. The fraction of sp³-hybridized carbons (Fsp3) is 0.0714. The molecule has 0 saturated heterocycles. The molecule has 0 aliphatic carbocycles. The molecule has 0 spiro atoms. The number of sulfone groups is 1. The zero-order valence-corrected chi connectivity index (χ0v) is 19.8. The van der Waals surface area contributed by atoms with Crippen LogP contribution in [0.2, 0.25) is 0 Å². The summed E-state index contributed by atoms with van der Waals surface area (Å²) in [7, 11) is -3.77. The Kier molecular flexibility index (Phi) is 6.55. The number of nitrogens with zero attached hydrogens (tertiary/aromatic N) is 2. The summed E-state index contributed by atoms with van der Waals surface area (Å²) in [5, 5.41) is 18.7. The van der Waals surface area contributed by atoms with Crippen molar-refractivity contribution in [3.05, 3.63) is 107 Å². The van der Waals surface area contributed by atoms with E-state index in [0.717, 1.165) is 11.1 Å². The lowest BCUT2D eigenvalue weighted by molar-refractivity contribution is 0.480. The average molecular weight is 481 g/mol. The number of rotatable bonds is 6. The summed E-state index contributed by atoms with van der Waals surface area (Å²) in [5.74, 6) is 1.65. The maximum absolute atomic E-state index is 13.1. The van der Waals surface area contributed by atoms with Crippen molar-refractivity contribution in [1.82, 2.24) is 0 Å². The van der Waals surface area contributed by atoms with Gasteiger partial charge in [0.1, 0.15) is 35.1 Å². The van der Waals surface area contributed by atoms with Crippen LogP contribution in [0.25, 0.3) is 0 Å². The van der Waals surface area contributed by atoms with Crippen LogP contribution in [0, 0.1) is 36.5 Å². The number of aryl methyl sites for hydroxylation is 2. The van der Waals surface area contributed by atoms with Gasteiger partial charge in [0.15, 0.2) is 0 Å². The topological polar surface area (TPSA) is 100 Å². The SMILES string of the molecule is Cc1cccc(Oc2ccc(S(=O)(=O)c3ccc(Oc4cccc(C)c4C#N)cc3)cc2)c1C#N. The predicted octanol–water partition coefficient (Wildman–Crippen LogP) is 6.46. The molecule has 0 aromatic heterocycles. The number of benzene rings is 4. The third-order valence-corrected chi connectivity index (χ3v) is 7.20. The van der Waals surface area contributed by atoms with Gasteiger partial charge in [0, 0.05) is 0 Å². The first-order chi connectivity index (χ1) is 16.8. The molecule has 35 heavy (non-hydrogen) atoms. The third kappa shape index (κ3) is 4.86. The lowest BCUT2D eigenvalue weighted by Gasteiger charge is -2.11. The average Bonchev–Trinajstić information content (AvgIpc) is 2.85. The number of ether oxygens (including phenoxy) is 2. The molecule has 0 radical (unpaired) electrons. The molecule has 0 bridgehead atoms. The standard InChI is InChI=1S/C28H20N2O4S/c1-19-5-3-7-27(25(19)17-29)33-21-9-13-23(14-10-21)35(31,32)24-15-11-22(12-16-24)34-28-8-4-6-20(2)26(28)18-30/h3-16H,1-2H3. The molecule has 0 heterocycles. The summed E-state index contributed by atoms with van der Waals surface area (Å²) in [4.78, 5) is 0.211. The van der Waals surface area contributed by atoms with Crippen molar-refractivity contribution >= 4 is 9.84 Å². The van der Waals surface area contributed by atoms with Crippen molar-refractivity contribution in [1.29, 1.82) is 10.5 Å². The summed E-state index contributed by atoms with van der Waals surface area (Å²) < 4.78 is 37.8. The smallest absolute Gasteiger partial charge is 0.206 e. The minimum Gasteiger partial charge on any atom is -0.456 e. The van der Waals surface area contributed by atoms with Crippen molar-refractivity contribution in [2.45, 2.75) is 23.6 Å². The Morgan fingerprint density at radius 2 is 0.971 bits per heavy atom. The number of hydrogen-bond acceptors (Lipinski definition) is 6. The van der Waals surface area contributed by atoms with Crippen molar-refractivity contribution in [3.8, 4) is 35.1 Å². The molecule has 4 aromatic carbocycles. The lowest BCUT2D eigenvalue weighted by Crippen LogP contribution is -2.02. The first-order valence-electron chi connectivity index (χ1n) is 10.6. The van der Waals surface area contributed by atoms with Gasteiger partial charge in [0.05, 0.1) is 20.9 Å². The van der Waals surface area contributed by atoms with Crippen LogP contribution in [0.1, 0.15) is 22.3 Å². The van der Waals surface area contributed by atoms with E-state index in [2.05, 4.69) is 12.1 Å². The molecular formula is C28H20N2O4S. The minimum absolute atomic E-state index is 0.105. The molecule has 0 fully saturated rings. The van der Waals surface area contributed by atoms with Crippen LogP contribution in [0.15, 0.2) is 94.7 Å². The van der Waals surface area contributed by atoms with Crippen molar-refractivity contribution in [2.24, 2.45) is 0 Å². The molecule has 6 nitrogen and oxygen atoms in total. The van der Waals surface area contributed by atoms with Gasteiger partial charge in [-0.25, -0.2) is 8.42 Å². The van der Waals surface area contributed by atoms with E-state index < -0.39 is 9.84 Å². The van der Waals surface area contributed by atoms with Gasteiger partial charge in [-0.15, -0.1) is 0 Å². The zero-order chi connectivity index (χ0) is 25.0. The monoisotopic (exact) mass is 480 g/mol. The van der Waals surface area contributed by atoms with Gasteiger partial charge in [0.2, 0.25) is 9.84 Å². The second-order valence-electron chi connectivity index (χ2n) is 7.77. The van der Waals surface area contributed by atoms with E-state index in [-0.39, 0.29) is 9.79 Å². The molecule has 7 heteroatoms. The minimum atomic E-state index is -3.77. The molecular weight excluding hydrogens is 460 g/mol. The fourth-order valence-corrected chi connectivity index (χ4v) is 4.76. The van der Waals surface area contributed by atoms with Crippen molar-refractivity contribution in [2.75, 3.05) is 0 Å². The summed E-state index contributed by atoms with van der Waals surface area (Å²) in [6.45, 7) is 3.64. The Labute approximate surface area is 204 Å². The molecule has 0 unspecified atom stereocenters. The zero-order valence-electron chi connectivity index (χ0n) is 19.0. The van der Waals surface area contributed by atoms with E-state index in [9.17, 15) is 18.9 Å². The quantitative estimate of drug-likeness (QED) is 0.314. The maximum Gasteiger partial charge on any atom is 0.206 e. The third-order valence-electron chi connectivity index (χ3n) is 5.42. The van der Waals surface area contributed by atoms with Crippen LogP contribution >= 0.6 is 0 Å². The Bertz CT molecular complexity index is 1460. The van der Waals surface area contributed by atoms with Crippen LogP contribution in [0.3, 0.4) is 0 Å². The second kappa shape index (κ2) is 9.72. The van der Waals surface area contributed by atoms with Crippen LogP contribution < -0.4 is 9.47 Å². The summed E-state index contributed by atoms with van der Waals surface area (Å²) in [6, 6.07) is 26.9. The van der Waals surface area contributed by atoms with Gasteiger partial charge in [-0.1, -0.05) is 24.3 Å². The van der Waals surface area contributed by atoms with Crippen LogP contribution in [-0.4, -0.2) is 8.42 Å².